The van der Waals surface area contributed by atoms with E-state index >= 15 is 0 Å². The van der Waals surface area contributed by atoms with E-state index in [9.17, 15) is 4.79 Å². The summed E-state index contributed by atoms with van der Waals surface area (Å²) >= 11 is 1.13. The lowest BCUT2D eigenvalue weighted by Gasteiger charge is -2.00. The number of thiazole rings is 1. The predicted molar refractivity (Wildman–Crippen MR) is 61.6 cm³/mol. The zero-order valence-electron chi connectivity index (χ0n) is 8.83. The van der Waals surface area contributed by atoms with Crippen molar-refractivity contribution in [1.29, 1.82) is 0 Å². The van der Waals surface area contributed by atoms with Crippen LogP contribution in [0.3, 0.4) is 0 Å². The van der Waals surface area contributed by atoms with Gasteiger partial charge in [0.1, 0.15) is 6.33 Å². The van der Waals surface area contributed by atoms with Crippen molar-refractivity contribution in [2.75, 3.05) is 0 Å². The lowest BCUT2D eigenvalue weighted by Crippen LogP contribution is -2.14. The van der Waals surface area contributed by atoms with Gasteiger partial charge in [0.15, 0.2) is 0 Å². The lowest BCUT2D eigenvalue weighted by molar-refractivity contribution is 0.0696. The molecule has 2 heterocycles. The molecule has 0 saturated carbocycles. The van der Waals surface area contributed by atoms with Crippen LogP contribution in [0, 0.1) is 0 Å². The second kappa shape index (κ2) is 5.46. The van der Waals surface area contributed by atoms with Crippen LogP contribution in [0.2, 0.25) is 0 Å². The normalized spacial score (nSPS) is 10.4. The molecule has 0 unspecified atom stereocenters. The van der Waals surface area contributed by atoms with Crippen molar-refractivity contribution in [2.45, 2.75) is 13.1 Å². The van der Waals surface area contributed by atoms with Crippen LogP contribution in [-0.2, 0) is 13.1 Å². The Labute approximate surface area is 101 Å². The minimum absolute atomic E-state index is 0.115. The van der Waals surface area contributed by atoms with E-state index in [1.54, 1.807) is 11.6 Å². The highest BCUT2D eigenvalue weighted by atomic mass is 32.1. The molecule has 6 nitrogen and oxygen atoms in total. The third-order valence-corrected chi connectivity index (χ3v) is 2.87. The van der Waals surface area contributed by atoms with Crippen molar-refractivity contribution in [3.8, 4) is 0 Å². The van der Waals surface area contributed by atoms with Crippen molar-refractivity contribution < 1.29 is 9.90 Å². The van der Waals surface area contributed by atoms with Crippen molar-refractivity contribution in [3.05, 3.63) is 40.4 Å². The summed E-state index contributed by atoms with van der Waals surface area (Å²) in [6, 6.07) is 1.82. The van der Waals surface area contributed by atoms with E-state index in [0.717, 1.165) is 22.7 Å². The van der Waals surface area contributed by atoms with E-state index in [1.165, 1.54) is 6.33 Å². The Morgan fingerprint density at radius 2 is 2.24 bits per heavy atom. The molecule has 2 rings (SSSR count). The first-order chi connectivity index (χ1) is 8.25. The monoisotopic (exact) mass is 250 g/mol. The van der Waals surface area contributed by atoms with Gasteiger partial charge in [0, 0.05) is 24.7 Å². The van der Waals surface area contributed by atoms with E-state index < -0.39 is 5.97 Å². The summed E-state index contributed by atoms with van der Waals surface area (Å²) in [4.78, 5) is 22.5. The van der Waals surface area contributed by atoms with E-state index in [0.29, 0.717) is 13.1 Å². The van der Waals surface area contributed by atoms with Crippen LogP contribution in [0.15, 0.2) is 24.0 Å². The van der Waals surface area contributed by atoms with Gasteiger partial charge in [-0.1, -0.05) is 0 Å². The molecule has 0 saturated heterocycles. The molecule has 2 N–H and O–H groups in total. The third-order valence-electron chi connectivity index (χ3n) is 1.99. The summed E-state index contributed by atoms with van der Waals surface area (Å²) in [7, 11) is 0. The van der Waals surface area contributed by atoms with Gasteiger partial charge >= 0.3 is 5.97 Å². The summed E-state index contributed by atoms with van der Waals surface area (Å²) in [6.07, 6.45) is 3.16. The number of rotatable bonds is 5. The predicted octanol–water partition coefficient (Wildman–Crippen LogP) is 0.921. The van der Waals surface area contributed by atoms with Gasteiger partial charge in [0.2, 0.25) is 5.01 Å². The molecule has 2 aromatic rings. The quantitative estimate of drug-likeness (QED) is 0.820. The SMILES string of the molecule is O=C(O)c1nc(CNCc2ccncn2)cs1. The van der Waals surface area contributed by atoms with Crippen molar-refractivity contribution in [1.82, 2.24) is 20.3 Å². The fraction of sp³-hybridized carbons (Fsp3) is 0.200. The summed E-state index contributed by atoms with van der Waals surface area (Å²) in [5, 5.41) is 13.7. The first-order valence-corrected chi connectivity index (χ1v) is 5.77. The van der Waals surface area contributed by atoms with E-state index in [1.807, 2.05) is 6.07 Å². The molecule has 0 aliphatic rings. The smallest absolute Gasteiger partial charge is 0.365 e. The van der Waals surface area contributed by atoms with Crippen molar-refractivity contribution in [2.24, 2.45) is 0 Å². The number of carbonyl (C=O) groups is 1. The minimum Gasteiger partial charge on any atom is -0.476 e. The number of aromatic nitrogens is 3. The number of hydrogen-bond acceptors (Lipinski definition) is 6. The molecular formula is C10H10N4O2S. The van der Waals surface area contributed by atoms with Gasteiger partial charge in [-0.2, -0.15) is 0 Å². The molecular weight excluding hydrogens is 240 g/mol. The van der Waals surface area contributed by atoms with Crippen molar-refractivity contribution in [3.63, 3.8) is 0 Å². The number of hydrogen-bond donors (Lipinski definition) is 2. The molecule has 17 heavy (non-hydrogen) atoms. The van der Waals surface area contributed by atoms with Crippen LogP contribution < -0.4 is 5.32 Å². The average molecular weight is 250 g/mol. The standard InChI is InChI=1S/C10H10N4O2S/c15-10(16)9-14-8(5-17-9)4-12-3-7-1-2-11-6-13-7/h1-2,5-6,12H,3-4H2,(H,15,16). The number of carboxylic acids is 1. The molecule has 0 amide bonds. The molecule has 0 atom stereocenters. The van der Waals surface area contributed by atoms with Gasteiger partial charge in [-0.05, 0) is 6.07 Å². The Bertz CT molecular complexity index is 500. The first-order valence-electron chi connectivity index (χ1n) is 4.89. The molecule has 0 aliphatic heterocycles. The fourth-order valence-electron chi connectivity index (χ4n) is 1.23. The number of aromatic carboxylic acids is 1. The zero-order chi connectivity index (χ0) is 12.1. The summed E-state index contributed by atoms with van der Waals surface area (Å²) in [5.74, 6) is -0.989. The first kappa shape index (κ1) is 11.6. The summed E-state index contributed by atoms with van der Waals surface area (Å²) in [6.45, 7) is 1.12. The Balaban J connectivity index is 1.84. The largest absolute Gasteiger partial charge is 0.476 e. The maximum atomic E-state index is 10.6. The molecule has 0 spiro atoms. The van der Waals surface area contributed by atoms with Crippen LogP contribution in [0.1, 0.15) is 21.2 Å². The Morgan fingerprint density at radius 1 is 1.41 bits per heavy atom. The van der Waals surface area contributed by atoms with E-state index in [-0.39, 0.29) is 5.01 Å². The fourth-order valence-corrected chi connectivity index (χ4v) is 1.88. The molecule has 0 radical (unpaired) electrons. The van der Waals surface area contributed by atoms with Crippen LogP contribution in [-0.4, -0.2) is 26.0 Å². The highest BCUT2D eigenvalue weighted by Crippen LogP contribution is 2.09. The number of nitrogens with one attached hydrogen (secondary N) is 1. The molecule has 0 fully saturated rings. The van der Waals surface area contributed by atoms with Gasteiger partial charge in [-0.15, -0.1) is 11.3 Å². The van der Waals surface area contributed by atoms with Gasteiger partial charge in [0.25, 0.3) is 0 Å². The van der Waals surface area contributed by atoms with Crippen molar-refractivity contribution >= 4 is 17.3 Å². The van der Waals surface area contributed by atoms with Crippen LogP contribution >= 0.6 is 11.3 Å². The van der Waals surface area contributed by atoms with Crippen LogP contribution in [0.4, 0.5) is 0 Å². The Kier molecular flexibility index (Phi) is 3.73. The highest BCUT2D eigenvalue weighted by Gasteiger charge is 2.08. The van der Waals surface area contributed by atoms with Gasteiger partial charge in [-0.25, -0.2) is 19.7 Å². The Morgan fingerprint density at radius 3 is 2.88 bits per heavy atom. The maximum absolute atomic E-state index is 10.6. The van der Waals surface area contributed by atoms with Crippen LogP contribution in [0.25, 0.3) is 0 Å². The molecule has 0 aliphatic carbocycles. The molecule has 0 bridgehead atoms. The second-order valence-corrected chi connectivity index (χ2v) is 4.11. The van der Waals surface area contributed by atoms with E-state index in [2.05, 4.69) is 20.3 Å². The third kappa shape index (κ3) is 3.30. The number of carboxylic acid groups (broad SMARTS) is 1. The maximum Gasteiger partial charge on any atom is 0.365 e. The molecule has 2 aromatic heterocycles. The lowest BCUT2D eigenvalue weighted by atomic mass is 10.4. The molecule has 88 valence electrons. The number of nitrogens with zero attached hydrogens (tertiary/aromatic N) is 3. The van der Waals surface area contributed by atoms with Crippen LogP contribution in [0.5, 0.6) is 0 Å². The summed E-state index contributed by atoms with van der Waals surface area (Å²) < 4.78 is 0. The summed E-state index contributed by atoms with van der Waals surface area (Å²) in [5.41, 5.74) is 1.61. The van der Waals surface area contributed by atoms with E-state index in [4.69, 9.17) is 5.11 Å². The van der Waals surface area contributed by atoms with Gasteiger partial charge in [-0.3, -0.25) is 0 Å². The highest BCUT2D eigenvalue weighted by molar-refractivity contribution is 7.11. The molecule has 0 aromatic carbocycles. The zero-order valence-corrected chi connectivity index (χ0v) is 9.65. The Hall–Kier alpha value is -1.86. The topological polar surface area (TPSA) is 88.0 Å². The second-order valence-electron chi connectivity index (χ2n) is 3.25. The minimum atomic E-state index is -0.989. The average Bonchev–Trinajstić information content (AvgIpc) is 2.79. The van der Waals surface area contributed by atoms with Gasteiger partial charge in [0.05, 0.1) is 11.4 Å². The molecule has 7 heteroatoms. The van der Waals surface area contributed by atoms with Gasteiger partial charge < -0.3 is 10.4 Å².